The summed E-state index contributed by atoms with van der Waals surface area (Å²) in [7, 11) is 3.72. The van der Waals surface area contributed by atoms with E-state index >= 15 is 0 Å². The zero-order valence-electron chi connectivity index (χ0n) is 11.7. The summed E-state index contributed by atoms with van der Waals surface area (Å²) in [5, 5.41) is 9.84. The van der Waals surface area contributed by atoms with Gasteiger partial charge in [0.25, 0.3) is 0 Å². The molecule has 0 saturated carbocycles. The summed E-state index contributed by atoms with van der Waals surface area (Å²) in [6.45, 7) is 3.09. The Balaban J connectivity index is 2.06. The average molecular weight is 279 g/mol. The van der Waals surface area contributed by atoms with Crippen molar-refractivity contribution in [1.29, 1.82) is 0 Å². The van der Waals surface area contributed by atoms with Crippen molar-refractivity contribution in [2.45, 2.75) is 25.8 Å². The van der Waals surface area contributed by atoms with E-state index in [1.54, 1.807) is 18.4 Å². The predicted octanol–water partition coefficient (Wildman–Crippen LogP) is 2.77. The van der Waals surface area contributed by atoms with Crippen LogP contribution in [0.2, 0.25) is 0 Å². The molecule has 0 spiro atoms. The molecule has 104 valence electrons. The highest BCUT2D eigenvalue weighted by molar-refractivity contribution is 7.10. The van der Waals surface area contributed by atoms with Gasteiger partial charge in [-0.15, -0.1) is 11.3 Å². The molecule has 1 N–H and O–H groups in total. The van der Waals surface area contributed by atoms with Crippen LogP contribution in [0.1, 0.15) is 30.0 Å². The molecule has 2 aromatic rings. The van der Waals surface area contributed by atoms with Gasteiger partial charge in [-0.05, 0) is 36.9 Å². The van der Waals surface area contributed by atoms with Crippen LogP contribution in [0.3, 0.4) is 0 Å². The van der Waals surface area contributed by atoms with Crippen LogP contribution in [0.25, 0.3) is 0 Å². The van der Waals surface area contributed by atoms with Gasteiger partial charge < -0.3 is 10.1 Å². The minimum atomic E-state index is 0.342. The van der Waals surface area contributed by atoms with Gasteiger partial charge in [0, 0.05) is 25.0 Å². The van der Waals surface area contributed by atoms with Gasteiger partial charge in [0.15, 0.2) is 0 Å². The molecule has 0 fully saturated rings. The van der Waals surface area contributed by atoms with Crippen molar-refractivity contribution >= 4 is 11.3 Å². The second-order valence-electron chi connectivity index (χ2n) is 4.45. The van der Waals surface area contributed by atoms with E-state index in [1.165, 1.54) is 10.6 Å². The molecular formula is C14H21N3OS. The highest BCUT2D eigenvalue weighted by Crippen LogP contribution is 2.33. The van der Waals surface area contributed by atoms with Gasteiger partial charge in [0.05, 0.1) is 12.0 Å². The Kier molecular flexibility index (Phi) is 4.99. The molecule has 0 saturated heterocycles. The molecule has 1 atom stereocenters. The number of thiophene rings is 1. The van der Waals surface area contributed by atoms with E-state index in [9.17, 15) is 0 Å². The molecule has 4 nitrogen and oxygen atoms in total. The number of nitrogens with one attached hydrogen (secondary N) is 1. The molecule has 5 heteroatoms. The third-order valence-electron chi connectivity index (χ3n) is 3.26. The van der Waals surface area contributed by atoms with Crippen LogP contribution in [-0.4, -0.2) is 23.4 Å². The fraction of sp³-hybridized carbons (Fsp3) is 0.500. The van der Waals surface area contributed by atoms with Crippen molar-refractivity contribution < 1.29 is 4.74 Å². The standard InChI is InChI=1S/C14H21N3OS/c1-4-15-12(14-13(18-3)8-10-19-14)6-5-11-7-9-16-17(11)2/h7-10,12,15H,4-6H2,1-3H3. The van der Waals surface area contributed by atoms with Crippen molar-refractivity contribution in [2.75, 3.05) is 13.7 Å². The van der Waals surface area contributed by atoms with Crippen LogP contribution in [-0.2, 0) is 13.5 Å². The summed E-state index contributed by atoms with van der Waals surface area (Å²) in [4.78, 5) is 1.28. The summed E-state index contributed by atoms with van der Waals surface area (Å²) in [6, 6.07) is 4.46. The van der Waals surface area contributed by atoms with Crippen LogP contribution in [0.4, 0.5) is 0 Å². The number of aryl methyl sites for hydroxylation is 2. The van der Waals surface area contributed by atoms with Gasteiger partial charge in [0.1, 0.15) is 5.75 Å². The highest BCUT2D eigenvalue weighted by atomic mass is 32.1. The number of hydrogen-bond acceptors (Lipinski definition) is 4. The second kappa shape index (κ2) is 6.73. The fourth-order valence-electron chi connectivity index (χ4n) is 2.24. The van der Waals surface area contributed by atoms with Crippen LogP contribution in [0.15, 0.2) is 23.7 Å². The van der Waals surface area contributed by atoms with E-state index in [1.807, 2.05) is 24.0 Å². The first kappa shape index (κ1) is 14.1. The quantitative estimate of drug-likeness (QED) is 0.847. The maximum Gasteiger partial charge on any atom is 0.134 e. The molecule has 0 bridgehead atoms. The van der Waals surface area contributed by atoms with Crippen molar-refractivity contribution in [3.05, 3.63) is 34.3 Å². The van der Waals surface area contributed by atoms with E-state index in [-0.39, 0.29) is 0 Å². The van der Waals surface area contributed by atoms with Gasteiger partial charge >= 0.3 is 0 Å². The maximum atomic E-state index is 5.43. The molecular weight excluding hydrogens is 258 g/mol. The Morgan fingerprint density at radius 1 is 1.47 bits per heavy atom. The Hall–Kier alpha value is -1.33. The number of ether oxygens (including phenoxy) is 1. The Morgan fingerprint density at radius 3 is 2.95 bits per heavy atom. The molecule has 0 aromatic carbocycles. The van der Waals surface area contributed by atoms with E-state index < -0.39 is 0 Å². The van der Waals surface area contributed by atoms with E-state index in [2.05, 4.69) is 28.8 Å². The van der Waals surface area contributed by atoms with Gasteiger partial charge in [-0.2, -0.15) is 5.10 Å². The van der Waals surface area contributed by atoms with E-state index in [4.69, 9.17) is 4.74 Å². The van der Waals surface area contributed by atoms with E-state index in [0.717, 1.165) is 25.1 Å². The summed E-state index contributed by atoms with van der Waals surface area (Å²) in [5.41, 5.74) is 1.26. The molecule has 2 rings (SSSR count). The van der Waals surface area contributed by atoms with Crippen LogP contribution in [0.5, 0.6) is 5.75 Å². The topological polar surface area (TPSA) is 39.1 Å². The number of hydrogen-bond donors (Lipinski definition) is 1. The molecule has 2 heterocycles. The van der Waals surface area contributed by atoms with Crippen molar-refractivity contribution in [3.63, 3.8) is 0 Å². The molecule has 0 aliphatic rings. The summed E-state index contributed by atoms with van der Waals surface area (Å²) in [5.74, 6) is 0.987. The zero-order chi connectivity index (χ0) is 13.7. The highest BCUT2D eigenvalue weighted by Gasteiger charge is 2.17. The monoisotopic (exact) mass is 279 g/mol. The van der Waals surface area contributed by atoms with Gasteiger partial charge in [-0.25, -0.2) is 0 Å². The van der Waals surface area contributed by atoms with Crippen molar-refractivity contribution in [3.8, 4) is 5.75 Å². The number of nitrogens with zero attached hydrogens (tertiary/aromatic N) is 2. The third kappa shape index (κ3) is 3.36. The van der Waals surface area contributed by atoms with E-state index in [0.29, 0.717) is 6.04 Å². The lowest BCUT2D eigenvalue weighted by Crippen LogP contribution is -2.21. The molecule has 0 radical (unpaired) electrons. The summed E-state index contributed by atoms with van der Waals surface area (Å²) in [6.07, 6.45) is 3.91. The first-order valence-corrected chi connectivity index (χ1v) is 7.45. The Labute approximate surface area is 118 Å². The molecule has 19 heavy (non-hydrogen) atoms. The van der Waals surface area contributed by atoms with Crippen LogP contribution >= 0.6 is 11.3 Å². The van der Waals surface area contributed by atoms with Gasteiger partial charge in [-0.1, -0.05) is 6.92 Å². The number of rotatable bonds is 7. The number of aromatic nitrogens is 2. The summed E-state index contributed by atoms with van der Waals surface area (Å²) < 4.78 is 7.37. The first-order chi connectivity index (χ1) is 9.26. The van der Waals surface area contributed by atoms with Crippen LogP contribution in [0, 0.1) is 0 Å². The van der Waals surface area contributed by atoms with Gasteiger partial charge in [0.2, 0.25) is 0 Å². The zero-order valence-corrected chi connectivity index (χ0v) is 12.5. The summed E-state index contributed by atoms with van der Waals surface area (Å²) >= 11 is 1.75. The SMILES string of the molecule is CCNC(CCc1ccnn1C)c1sccc1OC. The minimum Gasteiger partial charge on any atom is -0.496 e. The second-order valence-corrected chi connectivity index (χ2v) is 5.40. The van der Waals surface area contributed by atoms with Crippen molar-refractivity contribution in [2.24, 2.45) is 7.05 Å². The Bertz CT molecular complexity index is 506. The average Bonchev–Trinajstić information content (AvgIpc) is 3.03. The third-order valence-corrected chi connectivity index (χ3v) is 4.27. The smallest absolute Gasteiger partial charge is 0.134 e. The molecule has 1 unspecified atom stereocenters. The Morgan fingerprint density at radius 2 is 2.32 bits per heavy atom. The molecule has 2 aromatic heterocycles. The molecule has 0 aliphatic carbocycles. The molecule has 0 aliphatic heterocycles. The minimum absolute atomic E-state index is 0.342. The lowest BCUT2D eigenvalue weighted by Gasteiger charge is -2.18. The predicted molar refractivity (Wildman–Crippen MR) is 78.8 cm³/mol. The lowest BCUT2D eigenvalue weighted by molar-refractivity contribution is 0.400. The lowest BCUT2D eigenvalue weighted by atomic mass is 10.1. The normalized spacial score (nSPS) is 12.6. The first-order valence-electron chi connectivity index (χ1n) is 6.58. The number of methoxy groups -OCH3 is 1. The molecule has 0 amide bonds. The van der Waals surface area contributed by atoms with Crippen LogP contribution < -0.4 is 10.1 Å². The largest absolute Gasteiger partial charge is 0.496 e. The van der Waals surface area contributed by atoms with Crippen molar-refractivity contribution in [1.82, 2.24) is 15.1 Å². The van der Waals surface area contributed by atoms with Gasteiger partial charge in [-0.3, -0.25) is 4.68 Å². The fourth-order valence-corrected chi connectivity index (χ4v) is 3.21. The maximum absolute atomic E-state index is 5.43.